The summed E-state index contributed by atoms with van der Waals surface area (Å²) in [5.41, 5.74) is 2.16. The number of hydrogen-bond donors (Lipinski definition) is 1. The topological polar surface area (TPSA) is 61.6 Å². The number of piperidine rings is 2. The van der Waals surface area contributed by atoms with Crippen LogP contribution >= 0.6 is 0 Å². The van der Waals surface area contributed by atoms with Crippen LogP contribution in [0.25, 0.3) is 0 Å². The minimum absolute atomic E-state index is 0.0985. The summed E-state index contributed by atoms with van der Waals surface area (Å²) in [6.07, 6.45) is 9.81. The number of rotatable bonds is 6. The molecule has 0 radical (unpaired) electrons. The summed E-state index contributed by atoms with van der Waals surface area (Å²) in [5.74, 6) is 0.272. The van der Waals surface area contributed by atoms with E-state index in [1.807, 2.05) is 30.5 Å². The fraction of sp³-hybridized carbons (Fsp3) is 0.545. The van der Waals surface area contributed by atoms with Crippen LogP contribution in [0.15, 0.2) is 47.4 Å². The molecule has 1 amide bonds. The van der Waals surface area contributed by atoms with Crippen molar-refractivity contribution in [3.63, 3.8) is 0 Å². The van der Waals surface area contributed by atoms with Gasteiger partial charge in [-0.3, -0.25) is 19.6 Å². The molecule has 2 fully saturated rings. The number of likely N-dealkylation sites (tertiary alicyclic amines) is 2. The van der Waals surface area contributed by atoms with Crippen molar-refractivity contribution in [1.82, 2.24) is 20.1 Å². The van der Waals surface area contributed by atoms with Crippen molar-refractivity contribution in [2.75, 3.05) is 26.2 Å². The van der Waals surface area contributed by atoms with E-state index in [1.165, 1.54) is 18.4 Å². The van der Waals surface area contributed by atoms with Gasteiger partial charge in [-0.05, 0) is 63.5 Å². The zero-order valence-corrected chi connectivity index (χ0v) is 16.4. The van der Waals surface area contributed by atoms with Crippen molar-refractivity contribution in [3.05, 3.63) is 54.2 Å². The Bertz CT molecular complexity index is 726. The Morgan fingerprint density at radius 2 is 2.07 bits per heavy atom. The van der Waals surface area contributed by atoms with Crippen LogP contribution in [0.2, 0.25) is 0 Å². The van der Waals surface area contributed by atoms with Gasteiger partial charge in [0.05, 0.1) is 30.7 Å². The normalized spacial score (nSPS) is 22.2. The number of nitrogens with zero attached hydrogens (tertiary/aromatic N) is 3. The second-order valence-electron chi connectivity index (χ2n) is 8.01. The Labute approximate surface area is 166 Å². The van der Waals surface area contributed by atoms with Gasteiger partial charge in [0.25, 0.3) is 0 Å². The molecule has 1 unspecified atom stereocenters. The number of carbonyl (C=O) groups is 1. The van der Waals surface area contributed by atoms with Gasteiger partial charge in [-0.1, -0.05) is 6.07 Å². The summed E-state index contributed by atoms with van der Waals surface area (Å²) in [4.78, 5) is 22.0. The lowest BCUT2D eigenvalue weighted by Gasteiger charge is -2.42. The third-order valence-electron chi connectivity index (χ3n) is 6.05. The van der Waals surface area contributed by atoms with Gasteiger partial charge < -0.3 is 9.73 Å². The smallest absolute Gasteiger partial charge is 0.224 e. The van der Waals surface area contributed by atoms with Crippen LogP contribution in [-0.4, -0.2) is 52.9 Å². The summed E-state index contributed by atoms with van der Waals surface area (Å²) in [6.45, 7) is 5.73. The molecule has 2 aliphatic rings. The van der Waals surface area contributed by atoms with Gasteiger partial charge in [0.15, 0.2) is 0 Å². The first-order chi connectivity index (χ1) is 13.8. The van der Waals surface area contributed by atoms with E-state index in [9.17, 15) is 4.79 Å². The summed E-state index contributed by atoms with van der Waals surface area (Å²) in [5, 5.41) is 3.08. The number of aromatic nitrogens is 1. The molecule has 1 N–H and O–H groups in total. The van der Waals surface area contributed by atoms with E-state index < -0.39 is 0 Å². The zero-order valence-electron chi connectivity index (χ0n) is 16.4. The van der Waals surface area contributed by atoms with Gasteiger partial charge in [0.1, 0.15) is 0 Å². The van der Waals surface area contributed by atoms with Gasteiger partial charge in [-0.2, -0.15) is 0 Å². The zero-order chi connectivity index (χ0) is 19.2. The van der Waals surface area contributed by atoms with Crippen LogP contribution in [0.1, 0.15) is 36.9 Å². The van der Waals surface area contributed by atoms with Gasteiger partial charge in [0, 0.05) is 30.9 Å². The number of furan rings is 1. The highest BCUT2D eigenvalue weighted by molar-refractivity contribution is 5.78. The molecular weight excluding hydrogens is 352 g/mol. The third-order valence-corrected chi connectivity index (χ3v) is 6.05. The molecule has 4 rings (SSSR count). The van der Waals surface area contributed by atoms with E-state index >= 15 is 0 Å². The highest BCUT2D eigenvalue weighted by Gasteiger charge is 2.31. The van der Waals surface area contributed by atoms with Crippen molar-refractivity contribution in [2.45, 2.75) is 44.8 Å². The van der Waals surface area contributed by atoms with E-state index in [0.29, 0.717) is 12.6 Å². The number of hydrogen-bond acceptors (Lipinski definition) is 5. The van der Waals surface area contributed by atoms with Crippen molar-refractivity contribution in [1.29, 1.82) is 0 Å². The van der Waals surface area contributed by atoms with Gasteiger partial charge in [-0.25, -0.2) is 0 Å². The molecule has 0 spiro atoms. The maximum Gasteiger partial charge on any atom is 0.224 e. The molecule has 28 heavy (non-hydrogen) atoms. The molecular formula is C22H30N4O2. The van der Waals surface area contributed by atoms with Gasteiger partial charge >= 0.3 is 0 Å². The van der Waals surface area contributed by atoms with Crippen LogP contribution in [0, 0.1) is 5.92 Å². The summed E-state index contributed by atoms with van der Waals surface area (Å²) < 4.78 is 5.18. The predicted molar refractivity (Wildman–Crippen MR) is 107 cm³/mol. The molecule has 0 bridgehead atoms. The Kier molecular flexibility index (Phi) is 6.39. The Hall–Kier alpha value is -2.18. The van der Waals surface area contributed by atoms with E-state index in [-0.39, 0.29) is 11.8 Å². The predicted octanol–water partition coefficient (Wildman–Crippen LogP) is 2.67. The first-order valence-electron chi connectivity index (χ1n) is 10.4. The Morgan fingerprint density at radius 3 is 2.82 bits per heavy atom. The number of pyridine rings is 1. The van der Waals surface area contributed by atoms with Crippen LogP contribution in [0.3, 0.4) is 0 Å². The standard InChI is InChI=1S/C22H30N4O2/c27-22(24-14-20-5-1-2-9-23-20)19-4-3-10-26(16-19)21-6-11-25(12-7-21)15-18-8-13-28-17-18/h1-2,5,8-9,13,17,19,21H,3-4,6-7,10-12,14-16H2,(H,24,27). The van der Waals surface area contributed by atoms with Gasteiger partial charge in [-0.15, -0.1) is 0 Å². The van der Waals surface area contributed by atoms with E-state index in [4.69, 9.17) is 4.42 Å². The molecule has 0 aromatic carbocycles. The van der Waals surface area contributed by atoms with E-state index in [2.05, 4.69) is 20.1 Å². The SMILES string of the molecule is O=C(NCc1ccccn1)C1CCCN(C2CCN(Cc3ccoc3)CC2)C1. The summed E-state index contributed by atoms with van der Waals surface area (Å²) in [7, 11) is 0. The molecule has 2 saturated heterocycles. The van der Waals surface area contributed by atoms with Crippen LogP contribution < -0.4 is 5.32 Å². The molecule has 4 heterocycles. The maximum atomic E-state index is 12.6. The van der Waals surface area contributed by atoms with Gasteiger partial charge in [0.2, 0.25) is 5.91 Å². The monoisotopic (exact) mass is 382 g/mol. The maximum absolute atomic E-state index is 12.6. The number of carbonyl (C=O) groups excluding carboxylic acids is 1. The van der Waals surface area contributed by atoms with Crippen LogP contribution in [0.4, 0.5) is 0 Å². The fourth-order valence-corrected chi connectivity index (χ4v) is 4.46. The number of amides is 1. The molecule has 2 aromatic rings. The molecule has 6 nitrogen and oxygen atoms in total. The summed E-state index contributed by atoms with van der Waals surface area (Å²) >= 11 is 0. The molecule has 0 saturated carbocycles. The van der Waals surface area contributed by atoms with Crippen molar-refractivity contribution < 1.29 is 9.21 Å². The average Bonchev–Trinajstić information content (AvgIpc) is 3.26. The second kappa shape index (κ2) is 9.34. The van der Waals surface area contributed by atoms with Crippen LogP contribution in [0.5, 0.6) is 0 Å². The van der Waals surface area contributed by atoms with Crippen molar-refractivity contribution in [3.8, 4) is 0 Å². The third kappa shape index (κ3) is 5.00. The van der Waals surface area contributed by atoms with E-state index in [1.54, 1.807) is 12.5 Å². The minimum Gasteiger partial charge on any atom is -0.472 e. The quantitative estimate of drug-likeness (QED) is 0.832. The lowest BCUT2D eigenvalue weighted by atomic mass is 9.93. The second-order valence-corrected chi connectivity index (χ2v) is 8.01. The van der Waals surface area contributed by atoms with Crippen molar-refractivity contribution >= 4 is 5.91 Å². The number of nitrogens with one attached hydrogen (secondary N) is 1. The highest BCUT2D eigenvalue weighted by Crippen LogP contribution is 2.24. The molecule has 150 valence electrons. The van der Waals surface area contributed by atoms with Crippen LogP contribution in [-0.2, 0) is 17.9 Å². The minimum atomic E-state index is 0.0985. The molecule has 0 aliphatic carbocycles. The first kappa shape index (κ1) is 19.2. The summed E-state index contributed by atoms with van der Waals surface area (Å²) in [6, 6.07) is 8.45. The molecule has 6 heteroatoms. The fourth-order valence-electron chi connectivity index (χ4n) is 4.46. The Morgan fingerprint density at radius 1 is 1.18 bits per heavy atom. The lowest BCUT2D eigenvalue weighted by Crippen LogP contribution is -2.50. The molecule has 2 aliphatic heterocycles. The first-order valence-corrected chi connectivity index (χ1v) is 10.4. The average molecular weight is 383 g/mol. The molecule has 2 aromatic heterocycles. The Balaban J connectivity index is 1.23. The largest absolute Gasteiger partial charge is 0.472 e. The van der Waals surface area contributed by atoms with E-state index in [0.717, 1.165) is 51.3 Å². The highest BCUT2D eigenvalue weighted by atomic mass is 16.3. The van der Waals surface area contributed by atoms with Crippen molar-refractivity contribution in [2.24, 2.45) is 5.92 Å². The lowest BCUT2D eigenvalue weighted by molar-refractivity contribution is -0.127. The molecule has 1 atom stereocenters.